The van der Waals surface area contributed by atoms with Crippen LogP contribution in [0, 0.1) is 10.1 Å². The van der Waals surface area contributed by atoms with Gasteiger partial charge in [0, 0.05) is 44.6 Å². The van der Waals surface area contributed by atoms with Gasteiger partial charge in [-0.05, 0) is 30.3 Å². The summed E-state index contributed by atoms with van der Waals surface area (Å²) >= 11 is 0. The molecule has 0 saturated carbocycles. The third-order valence-electron chi connectivity index (χ3n) is 4.73. The molecule has 0 N–H and O–H groups in total. The van der Waals surface area contributed by atoms with Gasteiger partial charge in [-0.25, -0.2) is 0 Å². The minimum atomic E-state index is -0.522. The monoisotopic (exact) mass is 378 g/mol. The van der Waals surface area contributed by atoms with Gasteiger partial charge in [0.05, 0.1) is 4.92 Å². The Bertz CT molecular complexity index is 979. The number of rotatable bonds is 4. The lowest BCUT2D eigenvalue weighted by atomic mass is 10.1. The number of amides is 1. The first-order valence-electron chi connectivity index (χ1n) is 8.88. The van der Waals surface area contributed by atoms with Crippen molar-refractivity contribution in [3.63, 3.8) is 0 Å². The summed E-state index contributed by atoms with van der Waals surface area (Å²) in [5.41, 5.74) is -0.0433. The fourth-order valence-corrected chi connectivity index (χ4v) is 3.23. The number of benzene rings is 1. The highest BCUT2D eigenvalue weighted by atomic mass is 16.6. The van der Waals surface area contributed by atoms with E-state index in [-0.39, 0.29) is 17.2 Å². The lowest BCUT2D eigenvalue weighted by molar-refractivity contribution is -0.385. The van der Waals surface area contributed by atoms with E-state index < -0.39 is 4.92 Å². The Balaban J connectivity index is 1.42. The molecule has 142 valence electrons. The molecule has 4 rings (SSSR count). The van der Waals surface area contributed by atoms with Gasteiger partial charge in [-0.15, -0.1) is 10.2 Å². The Morgan fingerprint density at radius 1 is 0.893 bits per heavy atom. The third-order valence-corrected chi connectivity index (χ3v) is 4.73. The molecule has 3 heterocycles. The lowest BCUT2D eigenvalue weighted by Crippen LogP contribution is -2.49. The van der Waals surface area contributed by atoms with E-state index in [0.717, 1.165) is 11.6 Å². The maximum atomic E-state index is 12.7. The number of carbonyl (C=O) groups is 1. The molecule has 0 spiro atoms. The molecular formula is C19H18N6O3. The summed E-state index contributed by atoms with van der Waals surface area (Å²) in [5.74, 6) is 1.16. The van der Waals surface area contributed by atoms with Crippen molar-refractivity contribution in [2.24, 2.45) is 0 Å². The summed E-state index contributed by atoms with van der Waals surface area (Å²) in [4.78, 5) is 27.1. The van der Waals surface area contributed by atoms with E-state index in [2.05, 4.69) is 15.1 Å². The Morgan fingerprint density at radius 2 is 1.54 bits per heavy atom. The molecule has 1 fully saturated rings. The molecule has 1 amide bonds. The summed E-state index contributed by atoms with van der Waals surface area (Å²) in [7, 11) is 0. The molecule has 1 aliphatic heterocycles. The average molecular weight is 378 g/mol. The molecule has 1 aliphatic rings. The first kappa shape index (κ1) is 17.7. The van der Waals surface area contributed by atoms with Crippen LogP contribution in [0.3, 0.4) is 0 Å². The molecule has 0 atom stereocenters. The van der Waals surface area contributed by atoms with Gasteiger partial charge in [0.1, 0.15) is 5.56 Å². The fourth-order valence-electron chi connectivity index (χ4n) is 3.23. The Morgan fingerprint density at radius 3 is 2.18 bits per heavy atom. The third kappa shape index (κ3) is 3.41. The highest BCUT2D eigenvalue weighted by molar-refractivity contribution is 5.98. The van der Waals surface area contributed by atoms with Gasteiger partial charge in [0.15, 0.2) is 11.6 Å². The number of nitro groups is 1. The summed E-state index contributed by atoms with van der Waals surface area (Å²) in [6.45, 7) is 2.10. The molecule has 28 heavy (non-hydrogen) atoms. The van der Waals surface area contributed by atoms with Gasteiger partial charge in [0.25, 0.3) is 11.6 Å². The van der Waals surface area contributed by atoms with Crippen LogP contribution in [0.1, 0.15) is 10.4 Å². The normalized spacial score (nSPS) is 14.1. The summed E-state index contributed by atoms with van der Waals surface area (Å²) in [5, 5.41) is 19.7. The molecule has 3 aromatic rings. The summed E-state index contributed by atoms with van der Waals surface area (Å²) in [6, 6.07) is 13.7. The van der Waals surface area contributed by atoms with E-state index in [1.165, 1.54) is 12.1 Å². The van der Waals surface area contributed by atoms with Crippen molar-refractivity contribution in [3.8, 4) is 5.82 Å². The topological polar surface area (TPSA) is 97.4 Å². The van der Waals surface area contributed by atoms with E-state index in [1.54, 1.807) is 17.0 Å². The van der Waals surface area contributed by atoms with Crippen LogP contribution in [0.15, 0.2) is 60.9 Å². The molecule has 1 aromatic carbocycles. The Kier molecular flexibility index (Phi) is 4.71. The number of carbonyl (C=O) groups excluding carboxylic acids is 1. The molecular weight excluding hydrogens is 360 g/mol. The van der Waals surface area contributed by atoms with Crippen molar-refractivity contribution >= 4 is 17.4 Å². The number of anilines is 1. The van der Waals surface area contributed by atoms with Gasteiger partial charge in [-0.1, -0.05) is 12.1 Å². The largest absolute Gasteiger partial charge is 0.352 e. The van der Waals surface area contributed by atoms with Crippen molar-refractivity contribution < 1.29 is 9.72 Å². The second-order valence-electron chi connectivity index (χ2n) is 6.39. The van der Waals surface area contributed by atoms with Crippen LogP contribution in [0.25, 0.3) is 5.82 Å². The molecule has 0 unspecified atom stereocenters. The van der Waals surface area contributed by atoms with Gasteiger partial charge in [-0.2, -0.15) is 0 Å². The maximum Gasteiger partial charge on any atom is 0.282 e. The minimum absolute atomic E-state index is 0.122. The number of hydrogen-bond donors (Lipinski definition) is 0. The first-order valence-corrected chi connectivity index (χ1v) is 8.88. The van der Waals surface area contributed by atoms with E-state index in [1.807, 2.05) is 41.2 Å². The number of nitrogens with zero attached hydrogens (tertiary/aromatic N) is 6. The van der Waals surface area contributed by atoms with Crippen molar-refractivity contribution in [1.82, 2.24) is 19.7 Å². The number of aromatic nitrogens is 3. The predicted octanol–water partition coefficient (Wildman–Crippen LogP) is 2.14. The van der Waals surface area contributed by atoms with Gasteiger partial charge >= 0.3 is 0 Å². The van der Waals surface area contributed by atoms with Crippen LogP contribution in [-0.2, 0) is 0 Å². The minimum Gasteiger partial charge on any atom is -0.352 e. The fraction of sp³-hybridized carbons (Fsp3) is 0.211. The second kappa shape index (κ2) is 7.47. The van der Waals surface area contributed by atoms with Crippen molar-refractivity contribution in [3.05, 3.63) is 76.6 Å². The van der Waals surface area contributed by atoms with E-state index in [4.69, 9.17) is 0 Å². The highest BCUT2D eigenvalue weighted by Crippen LogP contribution is 2.21. The first-order chi connectivity index (χ1) is 13.6. The quantitative estimate of drug-likeness (QED) is 0.510. The zero-order valence-corrected chi connectivity index (χ0v) is 15.0. The summed E-state index contributed by atoms with van der Waals surface area (Å²) in [6.07, 6.45) is 3.80. The average Bonchev–Trinajstić information content (AvgIpc) is 3.28. The smallest absolute Gasteiger partial charge is 0.282 e. The maximum absolute atomic E-state index is 12.7. The van der Waals surface area contributed by atoms with Crippen molar-refractivity contribution in [2.45, 2.75) is 0 Å². The zero-order valence-electron chi connectivity index (χ0n) is 15.0. The van der Waals surface area contributed by atoms with Crippen molar-refractivity contribution in [1.29, 1.82) is 0 Å². The van der Waals surface area contributed by atoms with Crippen molar-refractivity contribution in [2.75, 3.05) is 31.1 Å². The zero-order chi connectivity index (χ0) is 19.5. The standard InChI is InChI=1S/C19H18N6O3/c26-19(15-5-1-2-6-16(15)25(27)28)24-13-11-23(12-14-24)18-8-7-17(20-21-18)22-9-3-4-10-22/h1-10H,11-14H2. The van der Waals surface area contributed by atoms with Crippen LogP contribution < -0.4 is 4.90 Å². The van der Waals surface area contributed by atoms with E-state index in [0.29, 0.717) is 26.2 Å². The molecule has 0 aliphatic carbocycles. The number of nitro benzene ring substituents is 1. The summed E-state index contributed by atoms with van der Waals surface area (Å²) < 4.78 is 1.88. The SMILES string of the molecule is O=C(c1ccccc1[N+](=O)[O-])N1CCN(c2ccc(-n3cccc3)nn2)CC1. The van der Waals surface area contributed by atoms with Crippen LogP contribution in [0.5, 0.6) is 0 Å². The van der Waals surface area contributed by atoms with Crippen LogP contribution in [-0.4, -0.2) is 56.7 Å². The van der Waals surface area contributed by atoms with Gasteiger partial charge in [0.2, 0.25) is 0 Å². The predicted molar refractivity (Wildman–Crippen MR) is 103 cm³/mol. The molecule has 0 bridgehead atoms. The van der Waals surface area contributed by atoms with E-state index >= 15 is 0 Å². The number of para-hydroxylation sites is 1. The molecule has 1 saturated heterocycles. The molecule has 9 heteroatoms. The lowest BCUT2D eigenvalue weighted by Gasteiger charge is -2.35. The highest BCUT2D eigenvalue weighted by Gasteiger charge is 2.27. The molecule has 2 aromatic heterocycles. The Labute approximate surface area is 161 Å². The van der Waals surface area contributed by atoms with Crippen LogP contribution in [0.4, 0.5) is 11.5 Å². The Hall–Kier alpha value is -3.75. The van der Waals surface area contributed by atoms with Gasteiger partial charge < -0.3 is 14.4 Å². The van der Waals surface area contributed by atoms with Crippen LogP contribution in [0.2, 0.25) is 0 Å². The van der Waals surface area contributed by atoms with Gasteiger partial charge in [-0.3, -0.25) is 14.9 Å². The van der Waals surface area contributed by atoms with Crippen LogP contribution >= 0.6 is 0 Å². The number of hydrogen-bond acceptors (Lipinski definition) is 6. The number of piperazine rings is 1. The molecule has 9 nitrogen and oxygen atoms in total. The van der Waals surface area contributed by atoms with E-state index in [9.17, 15) is 14.9 Å². The molecule has 0 radical (unpaired) electrons. The second-order valence-corrected chi connectivity index (χ2v) is 6.39.